The highest BCUT2D eigenvalue weighted by Gasteiger charge is 2.24. The minimum absolute atomic E-state index is 0.108. The van der Waals surface area contributed by atoms with Gasteiger partial charge in [0.1, 0.15) is 0 Å². The average molecular weight is 192 g/mol. The molecule has 1 aliphatic rings. The largest absolute Gasteiger partial charge is 0.461 e. The van der Waals surface area contributed by atoms with Gasteiger partial charge in [0.25, 0.3) is 0 Å². The lowest BCUT2D eigenvalue weighted by Crippen LogP contribution is -2.00. The van der Waals surface area contributed by atoms with Crippen LogP contribution in [0.2, 0.25) is 0 Å². The van der Waals surface area contributed by atoms with Crippen molar-refractivity contribution >= 4 is 17.6 Å². The Morgan fingerprint density at radius 3 is 2.86 bits per heavy atom. The molecule has 1 N–H and O–H groups in total. The monoisotopic (exact) mass is 192 g/mol. The number of furan rings is 1. The summed E-state index contributed by atoms with van der Waals surface area (Å²) in [6, 6.07) is 1.48. The molecule has 0 radical (unpaired) electrons. The predicted molar refractivity (Wildman–Crippen MR) is 47.7 cm³/mol. The van der Waals surface area contributed by atoms with Crippen LogP contribution in [0.25, 0.3) is 5.57 Å². The molecule has 1 aliphatic carbocycles. The second kappa shape index (κ2) is 3.23. The summed E-state index contributed by atoms with van der Waals surface area (Å²) in [5, 5.41) is 9.20. The van der Waals surface area contributed by atoms with E-state index >= 15 is 0 Å². The van der Waals surface area contributed by atoms with E-state index in [1.165, 1.54) is 18.4 Å². The van der Waals surface area contributed by atoms with Gasteiger partial charge in [-0.15, -0.1) is 0 Å². The van der Waals surface area contributed by atoms with Gasteiger partial charge in [-0.05, 0) is 12.1 Å². The van der Waals surface area contributed by atoms with Gasteiger partial charge in [0.2, 0.25) is 0 Å². The molecular formula is C10H8O4. The van der Waals surface area contributed by atoms with E-state index in [4.69, 9.17) is 4.42 Å². The summed E-state index contributed by atoms with van der Waals surface area (Å²) in [4.78, 5) is 21.7. The van der Waals surface area contributed by atoms with Gasteiger partial charge in [-0.3, -0.25) is 9.59 Å². The van der Waals surface area contributed by atoms with Crippen LogP contribution in [0.3, 0.4) is 0 Å². The van der Waals surface area contributed by atoms with Crippen molar-refractivity contribution in [2.75, 3.05) is 0 Å². The molecule has 4 heteroatoms. The molecule has 1 aromatic heterocycles. The summed E-state index contributed by atoms with van der Waals surface area (Å²) >= 11 is 0. The van der Waals surface area contributed by atoms with Crippen molar-refractivity contribution in [2.24, 2.45) is 0 Å². The van der Waals surface area contributed by atoms with Crippen molar-refractivity contribution < 1.29 is 19.1 Å². The maximum Gasteiger partial charge on any atom is 0.185 e. The Morgan fingerprint density at radius 1 is 1.57 bits per heavy atom. The number of aliphatic hydroxyl groups is 1. The first-order valence-corrected chi connectivity index (χ1v) is 4.18. The van der Waals surface area contributed by atoms with E-state index in [1.807, 2.05) is 0 Å². The van der Waals surface area contributed by atoms with Crippen molar-refractivity contribution in [3.05, 3.63) is 29.7 Å². The highest BCUT2D eigenvalue weighted by molar-refractivity contribution is 6.23. The zero-order valence-corrected chi connectivity index (χ0v) is 7.27. The number of hydrogen-bond acceptors (Lipinski definition) is 4. The first kappa shape index (κ1) is 8.90. The molecule has 1 unspecified atom stereocenters. The number of rotatable bonds is 2. The van der Waals surface area contributed by atoms with E-state index in [2.05, 4.69) is 0 Å². The minimum atomic E-state index is -0.716. The third-order valence-electron chi connectivity index (χ3n) is 2.10. The van der Waals surface area contributed by atoms with E-state index in [1.54, 1.807) is 0 Å². The van der Waals surface area contributed by atoms with Gasteiger partial charge in [0, 0.05) is 17.6 Å². The summed E-state index contributed by atoms with van der Waals surface area (Å²) in [5.74, 6) is 0.0471. The van der Waals surface area contributed by atoms with Crippen molar-refractivity contribution in [3.8, 4) is 0 Å². The number of allylic oxidation sites excluding steroid dienone is 1. The molecule has 0 spiro atoms. The second-order valence-corrected chi connectivity index (χ2v) is 3.13. The van der Waals surface area contributed by atoms with Crippen LogP contribution in [0.15, 0.2) is 22.8 Å². The van der Waals surface area contributed by atoms with Crippen LogP contribution < -0.4 is 0 Å². The molecule has 1 aromatic rings. The fraction of sp³-hybridized carbons (Fsp3) is 0.200. The number of aldehydes is 1. The highest BCUT2D eigenvalue weighted by Crippen LogP contribution is 2.25. The SMILES string of the molecule is O=Cc1cc(C2=CC(O)CC2=O)co1. The second-order valence-electron chi connectivity index (χ2n) is 3.13. The van der Waals surface area contributed by atoms with Crippen LogP contribution in [0.4, 0.5) is 0 Å². The lowest BCUT2D eigenvalue weighted by atomic mass is 10.1. The van der Waals surface area contributed by atoms with Crippen molar-refractivity contribution in [2.45, 2.75) is 12.5 Å². The van der Waals surface area contributed by atoms with Gasteiger partial charge in [-0.25, -0.2) is 0 Å². The molecule has 1 atom stereocenters. The summed E-state index contributed by atoms with van der Waals surface area (Å²) < 4.78 is 4.87. The van der Waals surface area contributed by atoms with Crippen LogP contribution in [-0.2, 0) is 4.79 Å². The van der Waals surface area contributed by atoms with E-state index in [-0.39, 0.29) is 18.0 Å². The topological polar surface area (TPSA) is 67.5 Å². The number of Topliss-reactive ketones (excluding diaryl/α,β-unsaturated/α-hetero) is 1. The summed E-state index contributed by atoms with van der Waals surface area (Å²) in [6.07, 6.45) is 2.77. The third-order valence-corrected chi connectivity index (χ3v) is 2.10. The van der Waals surface area contributed by atoms with Crippen LogP contribution in [0.1, 0.15) is 22.5 Å². The maximum atomic E-state index is 11.3. The van der Waals surface area contributed by atoms with E-state index < -0.39 is 6.10 Å². The normalized spacial score (nSPS) is 21.1. The lowest BCUT2D eigenvalue weighted by molar-refractivity contribution is -0.114. The lowest BCUT2D eigenvalue weighted by Gasteiger charge is -1.91. The third kappa shape index (κ3) is 1.40. The summed E-state index contributed by atoms with van der Waals surface area (Å²) in [7, 11) is 0. The molecule has 14 heavy (non-hydrogen) atoms. The number of aliphatic hydroxyl groups excluding tert-OH is 1. The van der Waals surface area contributed by atoms with Gasteiger partial charge in [0.15, 0.2) is 17.8 Å². The molecule has 4 nitrogen and oxygen atoms in total. The molecule has 1 heterocycles. The Hall–Kier alpha value is -1.68. The van der Waals surface area contributed by atoms with Gasteiger partial charge < -0.3 is 9.52 Å². The molecule has 2 rings (SSSR count). The van der Waals surface area contributed by atoms with E-state index in [0.717, 1.165) is 0 Å². The summed E-state index contributed by atoms with van der Waals surface area (Å²) in [5.41, 5.74) is 0.975. The Bertz CT molecular complexity index is 414. The first-order chi connectivity index (χ1) is 6.70. The number of hydrogen-bond donors (Lipinski definition) is 1. The van der Waals surface area contributed by atoms with Crippen molar-refractivity contribution in [3.63, 3.8) is 0 Å². The van der Waals surface area contributed by atoms with E-state index in [9.17, 15) is 14.7 Å². The fourth-order valence-corrected chi connectivity index (χ4v) is 1.46. The molecule has 0 amide bonds. The molecule has 72 valence electrons. The highest BCUT2D eigenvalue weighted by atomic mass is 16.3. The Labute approximate surface area is 79.8 Å². The fourth-order valence-electron chi connectivity index (χ4n) is 1.46. The Kier molecular flexibility index (Phi) is 2.05. The Morgan fingerprint density at radius 2 is 2.36 bits per heavy atom. The smallest absolute Gasteiger partial charge is 0.185 e. The zero-order chi connectivity index (χ0) is 10.1. The minimum Gasteiger partial charge on any atom is -0.461 e. The Balaban J connectivity index is 2.35. The maximum absolute atomic E-state index is 11.3. The molecule has 0 aromatic carbocycles. The van der Waals surface area contributed by atoms with Crippen LogP contribution >= 0.6 is 0 Å². The quantitative estimate of drug-likeness (QED) is 0.704. The van der Waals surface area contributed by atoms with Crippen molar-refractivity contribution in [1.82, 2.24) is 0 Å². The van der Waals surface area contributed by atoms with E-state index in [0.29, 0.717) is 17.4 Å². The van der Waals surface area contributed by atoms with Gasteiger partial charge in [0.05, 0.1) is 12.4 Å². The van der Waals surface area contributed by atoms with Crippen molar-refractivity contribution in [1.29, 1.82) is 0 Å². The molecule has 0 saturated carbocycles. The average Bonchev–Trinajstić information content (AvgIpc) is 2.71. The number of carbonyl (C=O) groups is 2. The van der Waals surface area contributed by atoms with Gasteiger partial charge >= 0.3 is 0 Å². The standard InChI is InChI=1S/C10H8O4/c11-4-8-1-6(5-14-8)9-2-7(12)3-10(9)13/h1-2,4-5,7,12H,3H2. The predicted octanol–water partition coefficient (Wildman–Crippen LogP) is 0.809. The van der Waals surface area contributed by atoms with Crippen LogP contribution in [0, 0.1) is 0 Å². The number of ketones is 1. The number of carbonyl (C=O) groups excluding carboxylic acids is 2. The molecular weight excluding hydrogens is 184 g/mol. The molecule has 0 bridgehead atoms. The molecule has 0 saturated heterocycles. The summed E-state index contributed by atoms with van der Waals surface area (Å²) in [6.45, 7) is 0. The molecule has 0 fully saturated rings. The van der Waals surface area contributed by atoms with Gasteiger partial charge in [-0.2, -0.15) is 0 Å². The first-order valence-electron chi connectivity index (χ1n) is 4.18. The molecule has 0 aliphatic heterocycles. The van der Waals surface area contributed by atoms with Gasteiger partial charge in [-0.1, -0.05) is 0 Å². The zero-order valence-electron chi connectivity index (χ0n) is 7.27. The van der Waals surface area contributed by atoms with Crippen LogP contribution in [0.5, 0.6) is 0 Å². The van der Waals surface area contributed by atoms with Crippen LogP contribution in [-0.4, -0.2) is 23.3 Å².